The minimum absolute atomic E-state index is 0.583. The van der Waals surface area contributed by atoms with Crippen molar-refractivity contribution in [3.05, 3.63) is 259 Å². The minimum atomic E-state index is -0.583. The number of nitrogens with zero attached hydrogens (tertiary/aromatic N) is 1. The van der Waals surface area contributed by atoms with Gasteiger partial charge in [0.2, 0.25) is 0 Å². The molecule has 11 aromatic rings. The van der Waals surface area contributed by atoms with E-state index in [1.807, 2.05) is 0 Å². The zero-order chi connectivity index (χ0) is 41.5. The minimum Gasteiger partial charge on any atom is -0.455 e. The summed E-state index contributed by atoms with van der Waals surface area (Å²) in [4.78, 5) is 2.39. The first-order valence-electron chi connectivity index (χ1n) is 21.7. The molecule has 13 rings (SSSR count). The van der Waals surface area contributed by atoms with Crippen molar-refractivity contribution < 1.29 is 4.74 Å². The predicted octanol–water partition coefficient (Wildman–Crippen LogP) is 16.4. The van der Waals surface area contributed by atoms with Crippen molar-refractivity contribution in [2.24, 2.45) is 0 Å². The lowest BCUT2D eigenvalue weighted by atomic mass is 9.65. The van der Waals surface area contributed by atoms with Crippen molar-refractivity contribution in [1.29, 1.82) is 0 Å². The lowest BCUT2D eigenvalue weighted by Gasteiger charge is -2.40. The van der Waals surface area contributed by atoms with Crippen LogP contribution in [0.5, 0.6) is 11.5 Å². The second kappa shape index (κ2) is 13.9. The Kier molecular flexibility index (Phi) is 7.85. The van der Waals surface area contributed by atoms with Gasteiger partial charge in [0.25, 0.3) is 0 Å². The Labute approximate surface area is 366 Å². The van der Waals surface area contributed by atoms with E-state index in [1.54, 1.807) is 0 Å². The van der Waals surface area contributed by atoms with Crippen molar-refractivity contribution in [2.45, 2.75) is 5.41 Å². The molecule has 0 amide bonds. The fourth-order valence-electron chi connectivity index (χ4n) is 10.6. The van der Waals surface area contributed by atoms with Gasteiger partial charge in [-0.1, -0.05) is 194 Å². The second-order valence-corrected chi connectivity index (χ2v) is 16.8. The summed E-state index contributed by atoms with van der Waals surface area (Å²) in [6.45, 7) is 0. The second-order valence-electron chi connectivity index (χ2n) is 16.8. The Morgan fingerprint density at radius 3 is 1.48 bits per heavy atom. The van der Waals surface area contributed by atoms with Gasteiger partial charge in [-0.05, 0) is 109 Å². The maximum absolute atomic E-state index is 7.17. The summed E-state index contributed by atoms with van der Waals surface area (Å²) in [6.07, 6.45) is 0. The largest absolute Gasteiger partial charge is 0.455 e. The Hall–Kier alpha value is -8.20. The van der Waals surface area contributed by atoms with Gasteiger partial charge in [0, 0.05) is 39.0 Å². The van der Waals surface area contributed by atoms with Gasteiger partial charge in [-0.2, -0.15) is 0 Å². The first-order chi connectivity index (χ1) is 31.2. The van der Waals surface area contributed by atoms with Crippen LogP contribution in [0, 0.1) is 0 Å². The highest BCUT2D eigenvalue weighted by atomic mass is 16.5. The molecule has 0 N–H and O–H groups in total. The van der Waals surface area contributed by atoms with Gasteiger partial charge in [-0.15, -0.1) is 0 Å². The zero-order valence-corrected chi connectivity index (χ0v) is 34.4. The Balaban J connectivity index is 1.01. The fourth-order valence-corrected chi connectivity index (χ4v) is 10.6. The van der Waals surface area contributed by atoms with Gasteiger partial charge >= 0.3 is 0 Å². The first-order valence-corrected chi connectivity index (χ1v) is 21.7. The van der Waals surface area contributed by atoms with E-state index < -0.39 is 5.41 Å². The lowest BCUT2D eigenvalue weighted by molar-refractivity contribution is 0.447. The van der Waals surface area contributed by atoms with Gasteiger partial charge in [0.15, 0.2) is 0 Å². The molecule has 0 unspecified atom stereocenters. The molecule has 11 aromatic carbocycles. The molecule has 294 valence electrons. The molecule has 0 saturated heterocycles. The van der Waals surface area contributed by atoms with E-state index in [2.05, 4.69) is 241 Å². The smallest absolute Gasteiger partial charge is 0.140 e. The van der Waals surface area contributed by atoms with Crippen molar-refractivity contribution >= 4 is 49.4 Å². The topological polar surface area (TPSA) is 12.5 Å². The highest BCUT2D eigenvalue weighted by Gasteiger charge is 2.51. The van der Waals surface area contributed by atoms with Crippen molar-refractivity contribution in [2.75, 3.05) is 4.90 Å². The van der Waals surface area contributed by atoms with E-state index in [-0.39, 0.29) is 0 Å². The molecule has 1 aliphatic carbocycles. The van der Waals surface area contributed by atoms with Gasteiger partial charge in [0.1, 0.15) is 11.5 Å². The van der Waals surface area contributed by atoms with Crippen LogP contribution in [-0.4, -0.2) is 0 Å². The predicted molar refractivity (Wildman–Crippen MR) is 262 cm³/mol. The monoisotopic (exact) mass is 801 g/mol. The number of anilines is 3. The maximum atomic E-state index is 7.17. The summed E-state index contributed by atoms with van der Waals surface area (Å²) in [5.74, 6) is 1.86. The van der Waals surface area contributed by atoms with Crippen LogP contribution >= 0.6 is 0 Å². The molecule has 2 nitrogen and oxygen atoms in total. The summed E-state index contributed by atoms with van der Waals surface area (Å²) in [5, 5.41) is 7.01. The molecule has 2 aliphatic rings. The summed E-state index contributed by atoms with van der Waals surface area (Å²) < 4.78 is 7.17. The average Bonchev–Trinajstić information content (AvgIpc) is 3.64. The van der Waals surface area contributed by atoms with Crippen LogP contribution < -0.4 is 9.64 Å². The van der Waals surface area contributed by atoms with Gasteiger partial charge in [-0.25, -0.2) is 0 Å². The van der Waals surface area contributed by atoms with E-state index in [4.69, 9.17) is 4.74 Å². The third-order valence-corrected chi connectivity index (χ3v) is 13.5. The van der Waals surface area contributed by atoms with Crippen LogP contribution in [0.1, 0.15) is 22.3 Å². The molecule has 0 aromatic heterocycles. The van der Waals surface area contributed by atoms with Crippen LogP contribution in [0.15, 0.2) is 237 Å². The summed E-state index contributed by atoms with van der Waals surface area (Å²) >= 11 is 0. The molecule has 0 bridgehead atoms. The van der Waals surface area contributed by atoms with E-state index in [1.165, 1.54) is 71.6 Å². The zero-order valence-electron chi connectivity index (χ0n) is 34.4. The standard InChI is InChI=1S/C61H39NO/c1-2-14-40(15-3-1)45-20-12-22-48(36-45)62(50-32-28-41-16-4-5-19-44(41)37-50)49-23-13-21-46(38-49)47-31-33-56-54(39-47)53-26-10-11-27-55(53)61(56)57-34-29-42-17-6-8-24-51(42)59(57)63-60-52-25-9-7-18-43(52)30-35-58(60)61/h1-39H. The molecular formula is C61H39NO. The van der Waals surface area contributed by atoms with Crippen LogP contribution in [0.3, 0.4) is 0 Å². The van der Waals surface area contributed by atoms with Gasteiger partial charge in [-0.3, -0.25) is 0 Å². The first kappa shape index (κ1) is 35.5. The molecule has 1 spiro atoms. The Morgan fingerprint density at radius 2 is 0.778 bits per heavy atom. The number of ether oxygens (including phenoxy) is 1. The third-order valence-electron chi connectivity index (χ3n) is 13.5. The van der Waals surface area contributed by atoms with Crippen LogP contribution in [0.25, 0.3) is 65.7 Å². The van der Waals surface area contributed by atoms with Crippen molar-refractivity contribution in [3.63, 3.8) is 0 Å². The number of rotatable bonds is 5. The van der Waals surface area contributed by atoms with E-state index >= 15 is 0 Å². The average molecular weight is 802 g/mol. The molecule has 0 radical (unpaired) electrons. The number of hydrogen-bond donors (Lipinski definition) is 0. The van der Waals surface area contributed by atoms with Crippen LogP contribution in [0.4, 0.5) is 17.1 Å². The number of hydrogen-bond acceptors (Lipinski definition) is 2. The fraction of sp³-hybridized carbons (Fsp3) is 0.0164. The van der Waals surface area contributed by atoms with Crippen molar-refractivity contribution in [1.82, 2.24) is 0 Å². The molecular weight excluding hydrogens is 763 g/mol. The molecule has 0 atom stereocenters. The summed E-state index contributed by atoms with van der Waals surface area (Å²) in [5.41, 5.74) is 14.8. The van der Waals surface area contributed by atoms with E-state index in [0.717, 1.165) is 44.9 Å². The van der Waals surface area contributed by atoms with Gasteiger partial charge in [0.05, 0.1) is 5.41 Å². The Bertz CT molecular complexity index is 3540. The van der Waals surface area contributed by atoms with Crippen molar-refractivity contribution in [3.8, 4) is 44.9 Å². The van der Waals surface area contributed by atoms with Crippen LogP contribution in [-0.2, 0) is 5.41 Å². The summed E-state index contributed by atoms with van der Waals surface area (Å²) in [6, 6.07) is 86.5. The Morgan fingerprint density at radius 1 is 0.286 bits per heavy atom. The number of benzene rings is 11. The molecule has 63 heavy (non-hydrogen) atoms. The molecule has 0 saturated carbocycles. The highest BCUT2D eigenvalue weighted by molar-refractivity contribution is 6.00. The lowest BCUT2D eigenvalue weighted by Crippen LogP contribution is -2.32. The third kappa shape index (κ3) is 5.38. The molecule has 1 heterocycles. The normalized spacial score (nSPS) is 13.0. The molecule has 0 fully saturated rings. The van der Waals surface area contributed by atoms with Gasteiger partial charge < -0.3 is 9.64 Å². The number of fused-ring (bicyclic) bond motifs is 14. The molecule has 2 heteroatoms. The SMILES string of the molecule is c1ccc(-c2cccc(N(c3cccc(-c4ccc5c(c4)-c4ccccc4C54c5ccc6ccccc6c5Oc5c4ccc4ccccc54)c3)c3ccc4ccccc4c3)c2)cc1. The summed E-state index contributed by atoms with van der Waals surface area (Å²) in [7, 11) is 0. The quantitative estimate of drug-likeness (QED) is 0.172. The van der Waals surface area contributed by atoms with Crippen LogP contribution in [0.2, 0.25) is 0 Å². The molecule has 1 aliphatic heterocycles. The van der Waals surface area contributed by atoms with E-state index in [9.17, 15) is 0 Å². The maximum Gasteiger partial charge on any atom is 0.140 e. The van der Waals surface area contributed by atoms with E-state index in [0.29, 0.717) is 0 Å². The highest BCUT2D eigenvalue weighted by Crippen LogP contribution is 2.64.